The second-order valence-electron chi connectivity index (χ2n) is 4.06. The first-order valence-corrected chi connectivity index (χ1v) is 11.7. The topological polar surface area (TPSA) is 0 Å². The van der Waals surface area contributed by atoms with Crippen LogP contribution in [0.5, 0.6) is 0 Å². The predicted octanol–water partition coefficient (Wildman–Crippen LogP) is 5.52. The third kappa shape index (κ3) is 4.44. The van der Waals surface area contributed by atoms with Gasteiger partial charge in [-0.25, -0.2) is 0 Å². The number of hydrogen-bond donors (Lipinski definition) is 0. The van der Waals surface area contributed by atoms with Crippen LogP contribution in [0.25, 0.3) is 0 Å². The average Bonchev–Trinajstić information content (AvgIpc) is 2.43. The van der Waals surface area contributed by atoms with Crippen LogP contribution in [-0.4, -0.2) is 0 Å². The molecular weight excluding hydrogens is 286 g/mol. The van der Waals surface area contributed by atoms with Gasteiger partial charge in [0.05, 0.1) is 0 Å². The Morgan fingerprint density at radius 3 is 2.27 bits per heavy atom. The van der Waals surface area contributed by atoms with Gasteiger partial charge in [-0.2, -0.15) is 0 Å². The van der Waals surface area contributed by atoms with Gasteiger partial charge >= 0.3 is 42.6 Å². The molecule has 0 saturated heterocycles. The molecule has 2 rings (SSSR count). The van der Waals surface area contributed by atoms with Crippen molar-refractivity contribution in [2.45, 2.75) is 39.5 Å². The van der Waals surface area contributed by atoms with E-state index < -0.39 is 14.7 Å². The van der Waals surface area contributed by atoms with E-state index in [4.69, 9.17) is 27.9 Å². The van der Waals surface area contributed by atoms with E-state index in [1.807, 2.05) is 0 Å². The van der Waals surface area contributed by atoms with Crippen LogP contribution in [-0.2, 0) is 14.7 Å². The SMILES string of the molecule is CC1=CC(C)C2=C1CCCC2.[Cl][Ti]([Cl])[Cl]. The summed E-state index contributed by atoms with van der Waals surface area (Å²) >= 11 is -1.92. The first-order valence-electron chi connectivity index (χ1n) is 5.26. The summed E-state index contributed by atoms with van der Waals surface area (Å²) in [5.74, 6) is 0.755. The Morgan fingerprint density at radius 1 is 1.20 bits per heavy atom. The van der Waals surface area contributed by atoms with Crippen molar-refractivity contribution < 1.29 is 14.7 Å². The van der Waals surface area contributed by atoms with Gasteiger partial charge in [-0.1, -0.05) is 24.1 Å². The zero-order valence-corrected chi connectivity index (χ0v) is 12.9. The Balaban J connectivity index is 0.000000245. The van der Waals surface area contributed by atoms with E-state index in [1.54, 1.807) is 16.7 Å². The molecule has 0 saturated carbocycles. The van der Waals surface area contributed by atoms with E-state index in [9.17, 15) is 0 Å². The molecule has 0 radical (unpaired) electrons. The summed E-state index contributed by atoms with van der Waals surface area (Å²) in [6, 6.07) is 0. The molecule has 15 heavy (non-hydrogen) atoms. The molecule has 0 heterocycles. The third-order valence-corrected chi connectivity index (χ3v) is 3.04. The summed E-state index contributed by atoms with van der Waals surface area (Å²) in [6.45, 7) is 4.60. The van der Waals surface area contributed by atoms with Crippen LogP contribution in [0.4, 0.5) is 0 Å². The molecule has 85 valence electrons. The number of rotatable bonds is 0. The monoisotopic (exact) mass is 301 g/mol. The molecule has 0 aromatic rings. The molecule has 2 aliphatic rings. The van der Waals surface area contributed by atoms with Gasteiger partial charge in [0.25, 0.3) is 0 Å². The maximum absolute atomic E-state index is 4.97. The van der Waals surface area contributed by atoms with Crippen LogP contribution < -0.4 is 0 Å². The Kier molecular flexibility index (Phi) is 6.32. The van der Waals surface area contributed by atoms with Crippen LogP contribution in [0.1, 0.15) is 39.5 Å². The summed E-state index contributed by atoms with van der Waals surface area (Å²) in [7, 11) is 14.9. The fraction of sp³-hybridized carbons (Fsp3) is 0.636. The molecule has 1 atom stereocenters. The average molecular weight is 302 g/mol. The normalized spacial score (nSPS) is 24.1. The minimum atomic E-state index is -1.92. The number of halogens is 3. The van der Waals surface area contributed by atoms with Gasteiger partial charge in [0, 0.05) is 0 Å². The van der Waals surface area contributed by atoms with Gasteiger partial charge in [0.2, 0.25) is 0 Å². The van der Waals surface area contributed by atoms with Crippen LogP contribution in [0, 0.1) is 5.92 Å². The van der Waals surface area contributed by atoms with Crippen molar-refractivity contribution in [3.05, 3.63) is 22.8 Å². The van der Waals surface area contributed by atoms with Gasteiger partial charge in [0.15, 0.2) is 0 Å². The van der Waals surface area contributed by atoms with Crippen molar-refractivity contribution in [1.29, 1.82) is 0 Å². The fourth-order valence-corrected chi connectivity index (χ4v) is 2.46. The van der Waals surface area contributed by atoms with Gasteiger partial charge in [-0.3, -0.25) is 0 Å². The van der Waals surface area contributed by atoms with Crippen molar-refractivity contribution in [3.63, 3.8) is 0 Å². The Labute approximate surface area is 110 Å². The van der Waals surface area contributed by atoms with Crippen LogP contribution in [0.15, 0.2) is 22.8 Å². The van der Waals surface area contributed by atoms with E-state index >= 15 is 0 Å². The van der Waals surface area contributed by atoms with Gasteiger partial charge in [0.1, 0.15) is 0 Å². The molecule has 0 amide bonds. The standard InChI is InChI=1S/C11H16.3ClH.Ti/c1-8-7-9(2)11-6-4-3-5-10(8)11;;;;/h7-8H,3-6H2,1-2H3;3*1H;/q;;;;+3/p-3. The van der Waals surface area contributed by atoms with E-state index in [1.165, 1.54) is 25.7 Å². The zero-order valence-electron chi connectivity index (χ0n) is 9.12. The maximum atomic E-state index is 4.97. The van der Waals surface area contributed by atoms with Crippen molar-refractivity contribution >= 4 is 27.9 Å². The first-order chi connectivity index (χ1) is 7.02. The molecule has 0 nitrogen and oxygen atoms in total. The molecule has 4 heteroatoms. The van der Waals surface area contributed by atoms with E-state index in [0.717, 1.165) is 5.92 Å². The summed E-state index contributed by atoms with van der Waals surface area (Å²) in [4.78, 5) is 0. The summed E-state index contributed by atoms with van der Waals surface area (Å²) < 4.78 is 0. The second kappa shape index (κ2) is 6.72. The summed E-state index contributed by atoms with van der Waals surface area (Å²) in [5, 5.41) is 0. The van der Waals surface area contributed by atoms with Crippen LogP contribution >= 0.6 is 27.9 Å². The molecule has 0 N–H and O–H groups in total. The van der Waals surface area contributed by atoms with E-state index in [-0.39, 0.29) is 0 Å². The van der Waals surface area contributed by atoms with Crippen molar-refractivity contribution in [2.24, 2.45) is 5.92 Å². The quantitative estimate of drug-likeness (QED) is 0.517. The molecule has 0 bridgehead atoms. The van der Waals surface area contributed by atoms with Crippen molar-refractivity contribution in [3.8, 4) is 0 Å². The molecular formula is C11H16Cl3Ti. The zero-order chi connectivity index (χ0) is 11.4. The van der Waals surface area contributed by atoms with Gasteiger partial charge < -0.3 is 0 Å². The van der Waals surface area contributed by atoms with Crippen LogP contribution in [0.3, 0.4) is 0 Å². The number of allylic oxidation sites excluding steroid dienone is 4. The second-order valence-corrected chi connectivity index (χ2v) is 11.8. The Morgan fingerprint density at radius 2 is 1.73 bits per heavy atom. The molecule has 0 aromatic heterocycles. The number of hydrogen-bond acceptors (Lipinski definition) is 0. The molecule has 0 aromatic carbocycles. The van der Waals surface area contributed by atoms with E-state index in [2.05, 4.69) is 19.9 Å². The first kappa shape index (κ1) is 14.1. The molecule has 0 fully saturated rings. The fourth-order valence-electron chi connectivity index (χ4n) is 2.46. The van der Waals surface area contributed by atoms with Gasteiger partial charge in [-0.15, -0.1) is 0 Å². The van der Waals surface area contributed by atoms with Crippen molar-refractivity contribution in [2.75, 3.05) is 0 Å². The minimum absolute atomic E-state index is 0.755. The molecule has 0 spiro atoms. The molecule has 2 aliphatic carbocycles. The van der Waals surface area contributed by atoms with Crippen LogP contribution in [0.2, 0.25) is 0 Å². The van der Waals surface area contributed by atoms with E-state index in [0.29, 0.717) is 0 Å². The predicted molar refractivity (Wildman–Crippen MR) is 66.0 cm³/mol. The molecule has 0 aliphatic heterocycles. The molecule has 1 unspecified atom stereocenters. The van der Waals surface area contributed by atoms with Crippen molar-refractivity contribution in [1.82, 2.24) is 0 Å². The third-order valence-electron chi connectivity index (χ3n) is 3.04. The Bertz CT molecular complexity index is 279. The summed E-state index contributed by atoms with van der Waals surface area (Å²) in [5.41, 5.74) is 5.00. The summed E-state index contributed by atoms with van der Waals surface area (Å²) in [6.07, 6.45) is 7.98. The Hall–Kier alpha value is 1.06. The van der Waals surface area contributed by atoms with Gasteiger partial charge in [-0.05, 0) is 44.1 Å².